The van der Waals surface area contributed by atoms with Crippen molar-refractivity contribution >= 4 is 44.3 Å². The van der Waals surface area contributed by atoms with Crippen molar-refractivity contribution in [2.75, 3.05) is 5.73 Å². The first kappa shape index (κ1) is 11.6. The van der Waals surface area contributed by atoms with Crippen LogP contribution in [0.25, 0.3) is 0 Å². The summed E-state index contributed by atoms with van der Waals surface area (Å²) in [4.78, 5) is 8.05. The Bertz CT molecular complexity index is 501. The lowest BCUT2D eigenvalue weighted by Gasteiger charge is -2.06. The van der Waals surface area contributed by atoms with Crippen LogP contribution in [0.15, 0.2) is 34.9 Å². The number of hydrogen-bond donors (Lipinski definition) is 1. The fraction of sp³-hybridized carbons (Fsp3) is 0. The quantitative estimate of drug-likeness (QED) is 0.630. The Balaban J connectivity index is 2.30. The first-order valence-electron chi connectivity index (χ1n) is 4.37. The molecule has 2 aromatic rings. The molecule has 0 radical (unpaired) electrons. The molecule has 6 heteroatoms. The number of nitrogens with two attached hydrogens (primary N) is 1. The van der Waals surface area contributed by atoms with Crippen molar-refractivity contribution in [3.05, 3.63) is 38.5 Å². The molecule has 0 atom stereocenters. The van der Waals surface area contributed by atoms with Crippen LogP contribution in [-0.2, 0) is 0 Å². The van der Waals surface area contributed by atoms with Crippen molar-refractivity contribution in [3.63, 3.8) is 0 Å². The third-order valence-corrected chi connectivity index (χ3v) is 3.03. The van der Waals surface area contributed by atoms with E-state index in [9.17, 15) is 0 Å². The molecule has 16 heavy (non-hydrogen) atoms. The lowest BCUT2D eigenvalue weighted by atomic mass is 10.3. The lowest BCUT2D eigenvalue weighted by Crippen LogP contribution is -1.97. The molecule has 82 valence electrons. The summed E-state index contributed by atoms with van der Waals surface area (Å²) in [6, 6.07) is 9.46. The zero-order valence-corrected chi connectivity index (χ0v) is 11.8. The van der Waals surface area contributed by atoms with Crippen molar-refractivity contribution in [1.82, 2.24) is 9.97 Å². The molecule has 0 unspecified atom stereocenters. The number of benzene rings is 1. The molecule has 0 saturated heterocycles. The number of anilines is 1. The Labute approximate surface area is 115 Å². The average Bonchev–Trinajstić information content (AvgIpc) is 2.20. The summed E-state index contributed by atoms with van der Waals surface area (Å²) in [5.41, 5.74) is 5.59. The Hall–Kier alpha value is -0.890. The second-order valence-electron chi connectivity index (χ2n) is 2.93. The minimum Gasteiger partial charge on any atom is -0.423 e. The summed E-state index contributed by atoms with van der Waals surface area (Å²) in [5.74, 6) is 1.07. The fourth-order valence-corrected chi connectivity index (χ4v) is 1.97. The van der Waals surface area contributed by atoms with Crippen molar-refractivity contribution < 1.29 is 4.74 Å². The van der Waals surface area contributed by atoms with Crippen LogP contribution < -0.4 is 10.5 Å². The molecule has 2 N–H and O–H groups in total. The minimum absolute atomic E-state index is 0.232. The van der Waals surface area contributed by atoms with E-state index in [-0.39, 0.29) is 6.01 Å². The van der Waals surface area contributed by atoms with Crippen LogP contribution in [0.5, 0.6) is 11.8 Å². The van der Waals surface area contributed by atoms with E-state index in [1.54, 1.807) is 6.07 Å². The van der Waals surface area contributed by atoms with E-state index in [4.69, 9.17) is 10.5 Å². The molecule has 0 amide bonds. The predicted octanol–water partition coefficient (Wildman–Crippen LogP) is 3.22. The van der Waals surface area contributed by atoms with Crippen LogP contribution >= 0.6 is 38.5 Å². The maximum absolute atomic E-state index is 5.59. The van der Waals surface area contributed by atoms with Crippen LogP contribution in [0.3, 0.4) is 0 Å². The van der Waals surface area contributed by atoms with E-state index < -0.39 is 0 Å². The van der Waals surface area contributed by atoms with Gasteiger partial charge in [0, 0.05) is 6.07 Å². The molecule has 0 bridgehead atoms. The highest BCUT2D eigenvalue weighted by Crippen LogP contribution is 2.25. The van der Waals surface area contributed by atoms with E-state index in [2.05, 4.69) is 48.5 Å². The van der Waals surface area contributed by atoms with Crippen LogP contribution in [0.1, 0.15) is 0 Å². The van der Waals surface area contributed by atoms with Gasteiger partial charge in [-0.1, -0.05) is 12.1 Å². The van der Waals surface area contributed by atoms with E-state index in [0.29, 0.717) is 16.2 Å². The molecule has 1 heterocycles. The molecule has 0 aliphatic heterocycles. The highest BCUT2D eigenvalue weighted by atomic mass is 127. The van der Waals surface area contributed by atoms with Crippen LogP contribution in [0.2, 0.25) is 0 Å². The summed E-state index contributed by atoms with van der Waals surface area (Å²) < 4.78 is 7.12. The molecule has 0 spiro atoms. The zero-order valence-electron chi connectivity index (χ0n) is 8.02. The highest BCUT2D eigenvalue weighted by molar-refractivity contribution is 14.1. The number of nitrogens with zero attached hydrogens (tertiary/aromatic N) is 2. The third kappa shape index (κ3) is 2.82. The third-order valence-electron chi connectivity index (χ3n) is 1.73. The Morgan fingerprint density at radius 3 is 2.69 bits per heavy atom. The van der Waals surface area contributed by atoms with Gasteiger partial charge in [0.05, 0.1) is 3.57 Å². The van der Waals surface area contributed by atoms with Crippen molar-refractivity contribution in [2.24, 2.45) is 0 Å². The molecule has 1 aromatic heterocycles. The second kappa shape index (κ2) is 4.96. The summed E-state index contributed by atoms with van der Waals surface area (Å²) in [7, 11) is 0. The first-order chi connectivity index (χ1) is 7.65. The lowest BCUT2D eigenvalue weighted by molar-refractivity contribution is 0.438. The van der Waals surface area contributed by atoms with Crippen LogP contribution in [-0.4, -0.2) is 9.97 Å². The number of nitrogen functional groups attached to an aromatic ring is 1. The summed E-state index contributed by atoms with van der Waals surface area (Å²) in [6.07, 6.45) is 0. The van der Waals surface area contributed by atoms with Gasteiger partial charge in [-0.25, -0.2) is 0 Å². The molecule has 0 aliphatic carbocycles. The van der Waals surface area contributed by atoms with E-state index in [1.165, 1.54) is 0 Å². The number of ether oxygens (including phenoxy) is 1. The number of halogens is 2. The maximum atomic E-state index is 5.59. The van der Waals surface area contributed by atoms with Crippen molar-refractivity contribution in [1.29, 1.82) is 0 Å². The van der Waals surface area contributed by atoms with Crippen molar-refractivity contribution in [3.8, 4) is 11.8 Å². The summed E-state index contributed by atoms with van der Waals surface area (Å²) >= 11 is 5.41. The van der Waals surface area contributed by atoms with Gasteiger partial charge in [0.25, 0.3) is 0 Å². The smallest absolute Gasteiger partial charge is 0.325 e. The molecule has 0 fully saturated rings. The van der Waals surface area contributed by atoms with Gasteiger partial charge < -0.3 is 10.5 Å². The normalized spacial score (nSPS) is 10.1. The number of aromatic nitrogens is 2. The van der Waals surface area contributed by atoms with Gasteiger partial charge in [0.15, 0.2) is 0 Å². The Morgan fingerprint density at radius 2 is 2.00 bits per heavy atom. The molecular weight excluding hydrogens is 385 g/mol. The van der Waals surface area contributed by atoms with Crippen molar-refractivity contribution in [2.45, 2.75) is 0 Å². The fourth-order valence-electron chi connectivity index (χ4n) is 1.08. The van der Waals surface area contributed by atoms with Gasteiger partial charge in [-0.2, -0.15) is 9.97 Å². The van der Waals surface area contributed by atoms with E-state index in [0.717, 1.165) is 3.57 Å². The van der Waals surface area contributed by atoms with Gasteiger partial charge in [0.2, 0.25) is 0 Å². The Kier molecular flexibility index (Phi) is 3.59. The summed E-state index contributed by atoms with van der Waals surface area (Å²) in [5, 5.41) is 0. The van der Waals surface area contributed by atoms with Gasteiger partial charge in [-0.3, -0.25) is 0 Å². The molecule has 1 aromatic carbocycles. The van der Waals surface area contributed by atoms with Crippen LogP contribution in [0.4, 0.5) is 5.82 Å². The maximum Gasteiger partial charge on any atom is 0.325 e. The monoisotopic (exact) mass is 391 g/mol. The van der Waals surface area contributed by atoms with E-state index in [1.807, 2.05) is 24.3 Å². The molecule has 0 saturated carbocycles. The topological polar surface area (TPSA) is 61.0 Å². The minimum atomic E-state index is 0.232. The van der Waals surface area contributed by atoms with Gasteiger partial charge in [0.1, 0.15) is 16.2 Å². The SMILES string of the molecule is Nc1cc(Br)nc(Oc2ccccc2I)n1. The number of rotatable bonds is 2. The number of para-hydroxylation sites is 1. The van der Waals surface area contributed by atoms with E-state index >= 15 is 0 Å². The van der Waals surface area contributed by atoms with Gasteiger partial charge >= 0.3 is 6.01 Å². The highest BCUT2D eigenvalue weighted by Gasteiger charge is 2.05. The summed E-state index contributed by atoms with van der Waals surface area (Å²) in [6.45, 7) is 0. The average molecular weight is 392 g/mol. The second-order valence-corrected chi connectivity index (χ2v) is 4.91. The van der Waals surface area contributed by atoms with Crippen LogP contribution in [0, 0.1) is 3.57 Å². The number of hydrogen-bond acceptors (Lipinski definition) is 4. The predicted molar refractivity (Wildman–Crippen MR) is 73.4 cm³/mol. The Morgan fingerprint density at radius 1 is 1.25 bits per heavy atom. The first-order valence-corrected chi connectivity index (χ1v) is 6.25. The zero-order chi connectivity index (χ0) is 11.5. The molecule has 2 rings (SSSR count). The van der Waals surface area contributed by atoms with Gasteiger partial charge in [-0.05, 0) is 50.7 Å². The standard InChI is InChI=1S/C10H7BrIN3O/c11-8-5-9(13)15-10(14-8)16-7-4-2-1-3-6(7)12/h1-5H,(H2,13,14,15). The molecule has 4 nitrogen and oxygen atoms in total. The molecule has 0 aliphatic rings. The molecular formula is C10H7BrIN3O. The largest absolute Gasteiger partial charge is 0.423 e. The van der Waals surface area contributed by atoms with Gasteiger partial charge in [-0.15, -0.1) is 0 Å².